The van der Waals surface area contributed by atoms with Crippen LogP contribution in [0.4, 0.5) is 0 Å². The summed E-state index contributed by atoms with van der Waals surface area (Å²) in [5.41, 5.74) is 0. The molecule has 0 radical (unpaired) electrons. The minimum Gasteiger partial charge on any atom is -0.486 e. The van der Waals surface area contributed by atoms with E-state index in [1.165, 1.54) is 11.3 Å². The van der Waals surface area contributed by atoms with Crippen LogP contribution in [0.1, 0.15) is 16.6 Å². The van der Waals surface area contributed by atoms with E-state index >= 15 is 0 Å². The Bertz CT molecular complexity index is 780. The maximum absolute atomic E-state index is 12.2. The number of nitrogens with one attached hydrogen (secondary N) is 2. The van der Waals surface area contributed by atoms with Crippen molar-refractivity contribution in [3.63, 3.8) is 0 Å². The molecule has 8 heteroatoms. The number of fused-ring (bicyclic) bond motifs is 1. The minimum atomic E-state index is -0.648. The number of halogens is 1. The van der Waals surface area contributed by atoms with Gasteiger partial charge in [0.2, 0.25) is 5.91 Å². The van der Waals surface area contributed by atoms with Gasteiger partial charge in [0.15, 0.2) is 11.5 Å². The largest absolute Gasteiger partial charge is 0.486 e. The highest BCUT2D eigenvalue weighted by atomic mass is 79.9. The number of benzene rings is 1. The third-order valence-electron chi connectivity index (χ3n) is 3.61. The summed E-state index contributed by atoms with van der Waals surface area (Å²) in [6, 6.07) is 10.3. The number of amides is 2. The zero-order valence-corrected chi connectivity index (χ0v) is 15.9. The predicted molar refractivity (Wildman–Crippen MR) is 98.3 cm³/mol. The van der Waals surface area contributed by atoms with Crippen molar-refractivity contribution < 1.29 is 19.1 Å². The molecule has 1 aliphatic rings. The van der Waals surface area contributed by atoms with E-state index < -0.39 is 6.04 Å². The number of carbonyl (C=O) groups is 2. The van der Waals surface area contributed by atoms with E-state index in [1.54, 1.807) is 19.1 Å². The average molecular weight is 425 g/mol. The van der Waals surface area contributed by atoms with Gasteiger partial charge >= 0.3 is 0 Å². The highest BCUT2D eigenvalue weighted by Crippen LogP contribution is 2.30. The van der Waals surface area contributed by atoms with Crippen LogP contribution in [0.15, 0.2) is 40.2 Å². The van der Waals surface area contributed by atoms with Crippen molar-refractivity contribution in [2.24, 2.45) is 0 Å². The number of ether oxygens (including phenoxy) is 2. The highest BCUT2D eigenvalue weighted by Gasteiger charge is 2.23. The van der Waals surface area contributed by atoms with Crippen LogP contribution in [-0.2, 0) is 4.79 Å². The summed E-state index contributed by atoms with van der Waals surface area (Å²) in [6.45, 7) is 2.31. The Balaban J connectivity index is 1.47. The lowest BCUT2D eigenvalue weighted by Crippen LogP contribution is -2.48. The molecule has 2 N–H and O–H groups in total. The van der Waals surface area contributed by atoms with Gasteiger partial charge in [0.25, 0.3) is 5.91 Å². The van der Waals surface area contributed by atoms with E-state index in [0.717, 1.165) is 3.79 Å². The Morgan fingerprint density at radius 2 is 2.04 bits per heavy atom. The first kappa shape index (κ1) is 17.8. The summed E-state index contributed by atoms with van der Waals surface area (Å²) in [4.78, 5) is 24.8. The fourth-order valence-corrected chi connectivity index (χ4v) is 3.59. The summed E-state index contributed by atoms with van der Waals surface area (Å²) < 4.78 is 12.3. The second-order valence-corrected chi connectivity index (χ2v) is 8.00. The molecule has 0 fully saturated rings. The van der Waals surface area contributed by atoms with Crippen molar-refractivity contribution in [3.8, 4) is 11.5 Å². The number of hydrogen-bond donors (Lipinski definition) is 2. The third kappa shape index (κ3) is 4.52. The van der Waals surface area contributed by atoms with Crippen LogP contribution in [0.5, 0.6) is 11.5 Å². The molecule has 2 amide bonds. The van der Waals surface area contributed by atoms with E-state index in [1.807, 2.05) is 24.3 Å². The molecule has 0 saturated carbocycles. The quantitative estimate of drug-likeness (QED) is 0.772. The number of thiophene rings is 1. The van der Waals surface area contributed by atoms with Gasteiger partial charge in [-0.3, -0.25) is 9.59 Å². The zero-order chi connectivity index (χ0) is 17.8. The first-order chi connectivity index (χ1) is 12.0. The average Bonchev–Trinajstić information content (AvgIpc) is 3.06. The Kier molecular flexibility index (Phi) is 5.60. The summed E-state index contributed by atoms with van der Waals surface area (Å²) in [5, 5.41) is 5.46. The lowest BCUT2D eigenvalue weighted by molar-refractivity contribution is -0.123. The molecule has 2 unspecified atom stereocenters. The van der Waals surface area contributed by atoms with Crippen LogP contribution >= 0.6 is 27.3 Å². The lowest BCUT2D eigenvalue weighted by Gasteiger charge is -2.27. The van der Waals surface area contributed by atoms with Crippen molar-refractivity contribution >= 4 is 39.1 Å². The Hall–Kier alpha value is -2.06. The molecule has 3 rings (SSSR count). The van der Waals surface area contributed by atoms with E-state index in [9.17, 15) is 9.59 Å². The molecule has 1 aromatic heterocycles. The van der Waals surface area contributed by atoms with E-state index in [4.69, 9.17) is 9.47 Å². The number of rotatable bonds is 5. The molecule has 0 spiro atoms. The normalized spacial score (nSPS) is 16.8. The van der Waals surface area contributed by atoms with Gasteiger partial charge in [0.1, 0.15) is 18.8 Å². The Labute approximate surface area is 157 Å². The molecule has 6 nitrogen and oxygen atoms in total. The van der Waals surface area contributed by atoms with Gasteiger partial charge in [-0.05, 0) is 47.1 Å². The van der Waals surface area contributed by atoms with E-state index in [-0.39, 0.29) is 17.9 Å². The van der Waals surface area contributed by atoms with Crippen LogP contribution in [-0.4, -0.2) is 37.1 Å². The summed E-state index contributed by atoms with van der Waals surface area (Å²) in [7, 11) is 0. The standard InChI is InChI=1S/C17H17BrN2O4S/c1-10(20-17(22)14-6-7-15(18)25-14)16(21)19-8-11-9-23-12-4-2-3-5-13(12)24-11/h2-7,10-11H,8-9H2,1H3,(H,19,21)(H,20,22). The molecule has 1 aromatic carbocycles. The molecule has 2 atom stereocenters. The summed E-state index contributed by atoms with van der Waals surface area (Å²) >= 11 is 4.63. The number of hydrogen-bond acceptors (Lipinski definition) is 5. The number of para-hydroxylation sites is 2. The molecular formula is C17H17BrN2O4S. The van der Waals surface area contributed by atoms with E-state index in [2.05, 4.69) is 26.6 Å². The van der Waals surface area contributed by atoms with Gasteiger partial charge in [-0.25, -0.2) is 0 Å². The van der Waals surface area contributed by atoms with Crippen LogP contribution in [0, 0.1) is 0 Å². The van der Waals surface area contributed by atoms with Crippen LogP contribution in [0.25, 0.3) is 0 Å². The maximum Gasteiger partial charge on any atom is 0.262 e. The molecular weight excluding hydrogens is 408 g/mol. The Morgan fingerprint density at radius 3 is 2.76 bits per heavy atom. The Morgan fingerprint density at radius 1 is 1.28 bits per heavy atom. The summed E-state index contributed by atoms with van der Waals surface area (Å²) in [6.07, 6.45) is -0.269. The van der Waals surface area contributed by atoms with Crippen molar-refractivity contribution in [1.82, 2.24) is 10.6 Å². The monoisotopic (exact) mass is 424 g/mol. The fourth-order valence-electron chi connectivity index (χ4n) is 2.30. The third-order valence-corrected chi connectivity index (χ3v) is 5.23. The van der Waals surface area contributed by atoms with Crippen molar-refractivity contribution in [2.45, 2.75) is 19.1 Å². The summed E-state index contributed by atoms with van der Waals surface area (Å²) in [5.74, 6) is 0.821. The molecule has 1 aliphatic heterocycles. The molecule has 0 aliphatic carbocycles. The van der Waals surface area contributed by atoms with Gasteiger partial charge in [0.05, 0.1) is 15.2 Å². The molecule has 132 valence electrons. The molecule has 25 heavy (non-hydrogen) atoms. The van der Waals surface area contributed by atoms with Crippen molar-refractivity contribution in [3.05, 3.63) is 45.1 Å². The van der Waals surface area contributed by atoms with Gasteiger partial charge in [-0.1, -0.05) is 12.1 Å². The maximum atomic E-state index is 12.2. The second kappa shape index (κ2) is 7.88. The first-order valence-corrected chi connectivity index (χ1v) is 9.36. The molecule has 2 aromatic rings. The highest BCUT2D eigenvalue weighted by molar-refractivity contribution is 9.11. The smallest absolute Gasteiger partial charge is 0.262 e. The minimum absolute atomic E-state index is 0.269. The van der Waals surface area contributed by atoms with Crippen molar-refractivity contribution in [1.29, 1.82) is 0 Å². The second-order valence-electron chi connectivity index (χ2n) is 5.54. The van der Waals surface area contributed by atoms with E-state index in [0.29, 0.717) is 29.5 Å². The van der Waals surface area contributed by atoms with Crippen LogP contribution < -0.4 is 20.1 Å². The van der Waals surface area contributed by atoms with Gasteiger partial charge < -0.3 is 20.1 Å². The lowest BCUT2D eigenvalue weighted by atomic mass is 10.2. The van der Waals surface area contributed by atoms with Gasteiger partial charge in [0, 0.05) is 0 Å². The van der Waals surface area contributed by atoms with Gasteiger partial charge in [-0.15, -0.1) is 11.3 Å². The van der Waals surface area contributed by atoms with Crippen molar-refractivity contribution in [2.75, 3.05) is 13.2 Å². The first-order valence-electron chi connectivity index (χ1n) is 7.75. The van der Waals surface area contributed by atoms with Crippen LogP contribution in [0.2, 0.25) is 0 Å². The predicted octanol–water partition coefficient (Wildman–Crippen LogP) is 2.59. The fraction of sp³-hybridized carbons (Fsp3) is 0.294. The number of carbonyl (C=O) groups excluding carboxylic acids is 2. The molecule has 0 saturated heterocycles. The van der Waals surface area contributed by atoms with Crippen LogP contribution in [0.3, 0.4) is 0 Å². The molecule has 0 bridgehead atoms. The van der Waals surface area contributed by atoms with Gasteiger partial charge in [-0.2, -0.15) is 0 Å². The topological polar surface area (TPSA) is 76.7 Å². The molecule has 2 heterocycles. The SMILES string of the molecule is CC(NC(=O)c1ccc(Br)s1)C(=O)NCC1COc2ccccc2O1. The zero-order valence-electron chi connectivity index (χ0n) is 13.5.